The monoisotopic (exact) mass is 316 g/mol. The zero-order valence-electron chi connectivity index (χ0n) is 10.7. The van der Waals surface area contributed by atoms with Crippen LogP contribution >= 0.6 is 27.7 Å². The van der Waals surface area contributed by atoms with E-state index in [9.17, 15) is 0 Å². The molecule has 0 aliphatic carbocycles. The predicted molar refractivity (Wildman–Crippen MR) is 82.9 cm³/mol. The molecule has 4 heteroatoms. The third-order valence-electron chi connectivity index (χ3n) is 3.01. The van der Waals surface area contributed by atoms with Crippen LogP contribution in [0.25, 0.3) is 0 Å². The van der Waals surface area contributed by atoms with Gasteiger partial charge in [-0.2, -0.15) is 11.8 Å². The van der Waals surface area contributed by atoms with Gasteiger partial charge in [0.1, 0.15) is 0 Å². The van der Waals surface area contributed by atoms with Gasteiger partial charge in [0.2, 0.25) is 0 Å². The molecule has 1 aromatic carbocycles. The quantitative estimate of drug-likeness (QED) is 0.871. The van der Waals surface area contributed by atoms with E-state index in [0.29, 0.717) is 12.6 Å². The molecular formula is C13H21BrN2S. The summed E-state index contributed by atoms with van der Waals surface area (Å²) in [5.74, 6) is 1.15. The average molecular weight is 317 g/mol. The first-order valence-electron chi connectivity index (χ1n) is 5.84. The fourth-order valence-electron chi connectivity index (χ4n) is 1.86. The van der Waals surface area contributed by atoms with E-state index in [-0.39, 0.29) is 0 Å². The lowest BCUT2D eigenvalue weighted by Crippen LogP contribution is -2.33. The van der Waals surface area contributed by atoms with Crippen molar-refractivity contribution in [3.05, 3.63) is 28.2 Å². The van der Waals surface area contributed by atoms with Crippen LogP contribution in [0.2, 0.25) is 0 Å². The highest BCUT2D eigenvalue weighted by Gasteiger charge is 2.15. The van der Waals surface area contributed by atoms with Crippen LogP contribution in [0.4, 0.5) is 5.69 Å². The van der Waals surface area contributed by atoms with E-state index in [1.807, 2.05) is 11.8 Å². The summed E-state index contributed by atoms with van der Waals surface area (Å²) >= 11 is 5.53. The number of anilines is 1. The predicted octanol–water partition coefficient (Wildman–Crippen LogP) is 3.49. The van der Waals surface area contributed by atoms with Crippen molar-refractivity contribution in [1.82, 2.24) is 0 Å². The third-order valence-corrected chi connectivity index (χ3v) is 4.36. The lowest BCUT2D eigenvalue weighted by molar-refractivity contribution is 0.672. The van der Waals surface area contributed by atoms with Crippen molar-refractivity contribution in [2.75, 3.05) is 24.0 Å². The summed E-state index contributed by atoms with van der Waals surface area (Å²) < 4.78 is 1.13. The van der Waals surface area contributed by atoms with Gasteiger partial charge in [-0.05, 0) is 46.3 Å². The molecule has 96 valence electrons. The first-order chi connectivity index (χ1) is 8.13. The van der Waals surface area contributed by atoms with Crippen LogP contribution in [0.15, 0.2) is 22.7 Å². The second-order valence-electron chi connectivity index (χ2n) is 4.12. The fraction of sp³-hybridized carbons (Fsp3) is 0.538. The van der Waals surface area contributed by atoms with E-state index >= 15 is 0 Å². The third kappa shape index (κ3) is 3.90. The molecule has 1 atom stereocenters. The van der Waals surface area contributed by atoms with E-state index in [1.54, 1.807) is 0 Å². The molecule has 2 N–H and O–H groups in total. The summed E-state index contributed by atoms with van der Waals surface area (Å²) in [5.41, 5.74) is 8.04. The van der Waals surface area contributed by atoms with Gasteiger partial charge in [-0.1, -0.05) is 13.0 Å². The molecule has 1 rings (SSSR count). The van der Waals surface area contributed by atoms with Gasteiger partial charge in [0.15, 0.2) is 0 Å². The van der Waals surface area contributed by atoms with Crippen LogP contribution in [0.3, 0.4) is 0 Å². The zero-order valence-corrected chi connectivity index (χ0v) is 13.1. The molecule has 0 aromatic heterocycles. The van der Waals surface area contributed by atoms with Crippen LogP contribution < -0.4 is 10.6 Å². The number of hydrogen-bond acceptors (Lipinski definition) is 3. The minimum atomic E-state index is 0.574. The van der Waals surface area contributed by atoms with E-state index in [4.69, 9.17) is 5.73 Å². The molecule has 0 aliphatic heterocycles. The maximum absolute atomic E-state index is 5.64. The Hall–Kier alpha value is -0.190. The number of rotatable bonds is 6. The molecule has 2 nitrogen and oxygen atoms in total. The number of halogens is 1. The molecule has 0 saturated heterocycles. The Bertz CT molecular complexity index is 357. The van der Waals surface area contributed by atoms with Gasteiger partial charge in [-0.25, -0.2) is 0 Å². The molecule has 0 amide bonds. The summed E-state index contributed by atoms with van der Waals surface area (Å²) in [5, 5.41) is 0. The molecule has 0 fully saturated rings. The average Bonchev–Trinajstić information content (AvgIpc) is 2.35. The Morgan fingerprint density at radius 1 is 1.47 bits per heavy atom. The maximum Gasteiger partial charge on any atom is 0.0511 e. The summed E-state index contributed by atoms with van der Waals surface area (Å²) in [6.45, 7) is 2.82. The number of hydrogen-bond donors (Lipinski definition) is 1. The van der Waals surface area contributed by atoms with Crippen molar-refractivity contribution in [3.63, 3.8) is 0 Å². The zero-order chi connectivity index (χ0) is 12.8. The summed E-state index contributed by atoms with van der Waals surface area (Å²) in [6.07, 6.45) is 3.31. The van der Waals surface area contributed by atoms with Crippen molar-refractivity contribution in [2.45, 2.75) is 25.9 Å². The summed E-state index contributed by atoms with van der Waals surface area (Å²) in [4.78, 5) is 2.35. The Balaban J connectivity index is 2.90. The number of nitrogens with zero attached hydrogens (tertiary/aromatic N) is 1. The minimum absolute atomic E-state index is 0.574. The molecule has 1 aromatic rings. The van der Waals surface area contributed by atoms with E-state index in [1.165, 1.54) is 5.69 Å². The van der Waals surface area contributed by atoms with Crippen LogP contribution in [0.5, 0.6) is 0 Å². The topological polar surface area (TPSA) is 29.3 Å². The molecular weight excluding hydrogens is 296 g/mol. The van der Waals surface area contributed by atoms with Crippen molar-refractivity contribution >= 4 is 33.4 Å². The van der Waals surface area contributed by atoms with Gasteiger partial charge in [0.05, 0.1) is 5.69 Å². The van der Waals surface area contributed by atoms with Gasteiger partial charge < -0.3 is 10.6 Å². The van der Waals surface area contributed by atoms with Crippen LogP contribution in [0.1, 0.15) is 18.9 Å². The fourth-order valence-corrected chi connectivity index (χ4v) is 3.41. The smallest absolute Gasteiger partial charge is 0.0511 e. The highest BCUT2D eigenvalue weighted by Crippen LogP contribution is 2.29. The molecule has 0 aliphatic rings. The Labute approximate surface area is 117 Å². The first-order valence-corrected chi connectivity index (χ1v) is 8.03. The van der Waals surface area contributed by atoms with Crippen molar-refractivity contribution in [1.29, 1.82) is 0 Å². The number of thioether (sulfide) groups is 1. The van der Waals surface area contributed by atoms with Crippen molar-refractivity contribution in [2.24, 2.45) is 5.73 Å². The first kappa shape index (κ1) is 14.9. The van der Waals surface area contributed by atoms with Gasteiger partial charge in [-0.15, -0.1) is 0 Å². The Morgan fingerprint density at radius 3 is 2.65 bits per heavy atom. The maximum atomic E-state index is 5.64. The molecule has 0 spiro atoms. The van der Waals surface area contributed by atoms with Gasteiger partial charge in [0, 0.05) is 29.9 Å². The molecule has 0 saturated carbocycles. The Kier molecular flexibility index (Phi) is 6.38. The SMILES string of the molecule is CCC(CSC)N(C)c1ccc(CN)cc1Br. The van der Waals surface area contributed by atoms with Crippen molar-refractivity contribution < 1.29 is 0 Å². The second-order valence-corrected chi connectivity index (χ2v) is 5.88. The summed E-state index contributed by atoms with van der Waals surface area (Å²) in [6, 6.07) is 6.93. The van der Waals surface area contributed by atoms with Crippen LogP contribution in [-0.2, 0) is 6.54 Å². The van der Waals surface area contributed by atoms with E-state index in [0.717, 1.165) is 22.2 Å². The highest BCUT2D eigenvalue weighted by molar-refractivity contribution is 9.10. The second kappa shape index (κ2) is 7.29. The standard InChI is InChI=1S/C13H21BrN2S/c1-4-11(9-17-3)16(2)13-6-5-10(8-15)7-12(13)14/h5-7,11H,4,8-9,15H2,1-3H3. The molecule has 17 heavy (non-hydrogen) atoms. The van der Waals surface area contributed by atoms with Crippen molar-refractivity contribution in [3.8, 4) is 0 Å². The normalized spacial score (nSPS) is 12.5. The minimum Gasteiger partial charge on any atom is -0.370 e. The van der Waals surface area contributed by atoms with Crippen LogP contribution in [0, 0.1) is 0 Å². The van der Waals surface area contributed by atoms with E-state index in [2.05, 4.69) is 59.3 Å². The molecule has 0 radical (unpaired) electrons. The number of nitrogens with two attached hydrogens (primary N) is 1. The van der Waals surface area contributed by atoms with Gasteiger partial charge >= 0.3 is 0 Å². The highest BCUT2D eigenvalue weighted by atomic mass is 79.9. The van der Waals surface area contributed by atoms with E-state index < -0.39 is 0 Å². The summed E-state index contributed by atoms with van der Waals surface area (Å²) in [7, 11) is 2.16. The lowest BCUT2D eigenvalue weighted by atomic mass is 10.1. The molecule has 1 unspecified atom stereocenters. The van der Waals surface area contributed by atoms with Gasteiger partial charge in [-0.3, -0.25) is 0 Å². The number of benzene rings is 1. The van der Waals surface area contributed by atoms with Crippen LogP contribution in [-0.4, -0.2) is 25.1 Å². The molecule has 0 heterocycles. The van der Waals surface area contributed by atoms with Gasteiger partial charge in [0.25, 0.3) is 0 Å². The largest absolute Gasteiger partial charge is 0.370 e. The molecule has 0 bridgehead atoms. The lowest BCUT2D eigenvalue weighted by Gasteiger charge is -2.30. The Morgan fingerprint density at radius 2 is 2.18 bits per heavy atom.